The summed E-state index contributed by atoms with van der Waals surface area (Å²) < 4.78 is 14.5. The zero-order valence-electron chi connectivity index (χ0n) is 8.41. The SMILES string of the molecule is CNC(=O)c1c(C)nc2cc(F)ccn12. The molecule has 0 saturated heterocycles. The summed E-state index contributed by atoms with van der Waals surface area (Å²) in [4.78, 5) is 15.6. The normalized spacial score (nSPS) is 10.6. The topological polar surface area (TPSA) is 46.4 Å². The molecule has 2 aromatic heterocycles. The van der Waals surface area contributed by atoms with Crippen LogP contribution in [0, 0.1) is 12.7 Å². The van der Waals surface area contributed by atoms with Crippen LogP contribution in [0.25, 0.3) is 5.65 Å². The zero-order chi connectivity index (χ0) is 11.0. The van der Waals surface area contributed by atoms with Crippen molar-refractivity contribution in [3.05, 3.63) is 35.5 Å². The molecule has 0 unspecified atom stereocenters. The lowest BCUT2D eigenvalue weighted by Gasteiger charge is -2.00. The molecule has 0 saturated carbocycles. The summed E-state index contributed by atoms with van der Waals surface area (Å²) in [7, 11) is 1.55. The molecule has 2 heterocycles. The summed E-state index contributed by atoms with van der Waals surface area (Å²) in [6.45, 7) is 1.72. The van der Waals surface area contributed by atoms with Gasteiger partial charge in [0.15, 0.2) is 0 Å². The van der Waals surface area contributed by atoms with Crippen LogP contribution in [0.3, 0.4) is 0 Å². The Bertz CT molecular complexity index is 533. The van der Waals surface area contributed by atoms with Crippen LogP contribution in [-0.4, -0.2) is 22.3 Å². The maximum Gasteiger partial charge on any atom is 0.269 e. The third-order valence-electron chi connectivity index (χ3n) is 2.20. The molecule has 0 bridgehead atoms. The molecule has 0 radical (unpaired) electrons. The summed E-state index contributed by atoms with van der Waals surface area (Å²) >= 11 is 0. The predicted octanol–water partition coefficient (Wildman–Crippen LogP) is 1.14. The first kappa shape index (κ1) is 9.64. The first-order valence-corrected chi connectivity index (χ1v) is 4.50. The van der Waals surface area contributed by atoms with Crippen molar-refractivity contribution in [1.82, 2.24) is 14.7 Å². The van der Waals surface area contributed by atoms with Gasteiger partial charge in [-0.15, -0.1) is 0 Å². The van der Waals surface area contributed by atoms with Crippen LogP contribution in [0.1, 0.15) is 16.2 Å². The van der Waals surface area contributed by atoms with Crippen LogP contribution < -0.4 is 5.32 Å². The van der Waals surface area contributed by atoms with Gasteiger partial charge in [0.05, 0.1) is 5.69 Å². The number of rotatable bonds is 1. The van der Waals surface area contributed by atoms with E-state index in [1.165, 1.54) is 18.3 Å². The van der Waals surface area contributed by atoms with Crippen molar-refractivity contribution >= 4 is 11.6 Å². The molecule has 15 heavy (non-hydrogen) atoms. The Hall–Kier alpha value is -1.91. The summed E-state index contributed by atoms with van der Waals surface area (Å²) in [5.74, 6) is -0.595. The number of imidazole rings is 1. The van der Waals surface area contributed by atoms with Gasteiger partial charge in [-0.1, -0.05) is 0 Å². The van der Waals surface area contributed by atoms with Gasteiger partial charge in [-0.2, -0.15) is 0 Å². The van der Waals surface area contributed by atoms with E-state index >= 15 is 0 Å². The van der Waals surface area contributed by atoms with E-state index < -0.39 is 0 Å². The van der Waals surface area contributed by atoms with Crippen LogP contribution in [0.15, 0.2) is 18.3 Å². The number of nitrogens with one attached hydrogen (secondary N) is 1. The molecule has 0 aromatic carbocycles. The van der Waals surface area contributed by atoms with E-state index in [0.29, 0.717) is 17.0 Å². The Kier molecular flexibility index (Phi) is 2.15. The van der Waals surface area contributed by atoms with Crippen LogP contribution in [-0.2, 0) is 0 Å². The van der Waals surface area contributed by atoms with E-state index in [4.69, 9.17) is 0 Å². The van der Waals surface area contributed by atoms with E-state index in [2.05, 4.69) is 10.3 Å². The number of carbonyl (C=O) groups is 1. The summed E-state index contributed by atoms with van der Waals surface area (Å²) in [6.07, 6.45) is 1.50. The average molecular weight is 207 g/mol. The van der Waals surface area contributed by atoms with Crippen LogP contribution in [0.5, 0.6) is 0 Å². The minimum atomic E-state index is -0.365. The third kappa shape index (κ3) is 1.45. The highest BCUT2D eigenvalue weighted by atomic mass is 19.1. The lowest BCUT2D eigenvalue weighted by atomic mass is 10.3. The number of fused-ring (bicyclic) bond motifs is 1. The quantitative estimate of drug-likeness (QED) is 0.762. The lowest BCUT2D eigenvalue weighted by molar-refractivity contribution is 0.0956. The van der Waals surface area contributed by atoms with Gasteiger partial charge in [-0.25, -0.2) is 9.37 Å². The van der Waals surface area contributed by atoms with E-state index in [9.17, 15) is 9.18 Å². The first-order chi connectivity index (χ1) is 7.13. The van der Waals surface area contributed by atoms with Gasteiger partial charge in [-0.3, -0.25) is 9.20 Å². The Balaban J connectivity index is 2.73. The van der Waals surface area contributed by atoms with Crippen LogP contribution >= 0.6 is 0 Å². The zero-order valence-corrected chi connectivity index (χ0v) is 8.41. The number of pyridine rings is 1. The molecule has 5 heteroatoms. The lowest BCUT2D eigenvalue weighted by Crippen LogP contribution is -2.20. The molecule has 0 aliphatic rings. The number of hydrogen-bond donors (Lipinski definition) is 1. The summed E-state index contributed by atoms with van der Waals surface area (Å²) in [5.41, 5.74) is 1.46. The molecule has 0 spiro atoms. The molecule has 2 rings (SSSR count). The second-order valence-electron chi connectivity index (χ2n) is 3.20. The minimum Gasteiger partial charge on any atom is -0.354 e. The Morgan fingerprint density at radius 1 is 1.60 bits per heavy atom. The Morgan fingerprint density at radius 2 is 2.33 bits per heavy atom. The highest BCUT2D eigenvalue weighted by Crippen LogP contribution is 2.12. The molecule has 0 fully saturated rings. The largest absolute Gasteiger partial charge is 0.354 e. The molecular weight excluding hydrogens is 197 g/mol. The van der Waals surface area contributed by atoms with E-state index in [0.717, 1.165) is 0 Å². The fraction of sp³-hybridized carbons (Fsp3) is 0.200. The summed E-state index contributed by atoms with van der Waals surface area (Å²) in [5, 5.41) is 2.52. The molecule has 78 valence electrons. The highest BCUT2D eigenvalue weighted by molar-refractivity contribution is 5.94. The second-order valence-corrected chi connectivity index (χ2v) is 3.20. The first-order valence-electron chi connectivity index (χ1n) is 4.50. The van der Waals surface area contributed by atoms with Gasteiger partial charge >= 0.3 is 0 Å². The van der Waals surface area contributed by atoms with E-state index in [1.807, 2.05) is 0 Å². The van der Waals surface area contributed by atoms with Crippen molar-refractivity contribution in [2.45, 2.75) is 6.92 Å². The number of halogens is 1. The maximum atomic E-state index is 12.9. The number of aryl methyl sites for hydroxylation is 1. The number of amides is 1. The van der Waals surface area contributed by atoms with Crippen LogP contribution in [0.4, 0.5) is 4.39 Å². The number of aromatic nitrogens is 2. The van der Waals surface area contributed by atoms with Crippen molar-refractivity contribution in [2.24, 2.45) is 0 Å². The molecular formula is C10H10FN3O. The van der Waals surface area contributed by atoms with E-state index in [1.54, 1.807) is 18.4 Å². The van der Waals surface area contributed by atoms with Gasteiger partial charge in [-0.05, 0) is 13.0 Å². The van der Waals surface area contributed by atoms with Crippen molar-refractivity contribution in [2.75, 3.05) is 7.05 Å². The average Bonchev–Trinajstić information content (AvgIpc) is 2.52. The number of nitrogens with zero attached hydrogens (tertiary/aromatic N) is 2. The Labute approximate surface area is 85.7 Å². The smallest absolute Gasteiger partial charge is 0.269 e. The monoisotopic (exact) mass is 207 g/mol. The second kappa shape index (κ2) is 3.34. The highest BCUT2D eigenvalue weighted by Gasteiger charge is 2.14. The fourth-order valence-electron chi connectivity index (χ4n) is 1.53. The molecule has 0 atom stereocenters. The van der Waals surface area contributed by atoms with Gasteiger partial charge in [0.1, 0.15) is 17.2 Å². The van der Waals surface area contributed by atoms with Crippen molar-refractivity contribution < 1.29 is 9.18 Å². The molecule has 1 amide bonds. The predicted molar refractivity (Wildman–Crippen MR) is 53.3 cm³/mol. The maximum absolute atomic E-state index is 12.9. The minimum absolute atomic E-state index is 0.230. The molecule has 2 aromatic rings. The van der Waals surface area contributed by atoms with Crippen molar-refractivity contribution in [1.29, 1.82) is 0 Å². The third-order valence-corrected chi connectivity index (χ3v) is 2.20. The molecule has 0 aliphatic carbocycles. The van der Waals surface area contributed by atoms with Crippen LogP contribution in [0.2, 0.25) is 0 Å². The fourth-order valence-corrected chi connectivity index (χ4v) is 1.53. The van der Waals surface area contributed by atoms with Gasteiger partial charge < -0.3 is 5.32 Å². The Morgan fingerprint density at radius 3 is 3.00 bits per heavy atom. The number of hydrogen-bond acceptors (Lipinski definition) is 2. The molecule has 1 N–H and O–H groups in total. The molecule has 0 aliphatic heterocycles. The van der Waals surface area contributed by atoms with Crippen molar-refractivity contribution in [3.63, 3.8) is 0 Å². The van der Waals surface area contributed by atoms with Gasteiger partial charge in [0.25, 0.3) is 5.91 Å². The van der Waals surface area contributed by atoms with Gasteiger partial charge in [0.2, 0.25) is 0 Å². The standard InChI is InChI=1S/C10H10FN3O/c1-6-9(10(15)12-2)14-4-3-7(11)5-8(14)13-6/h3-5H,1-2H3,(H,12,15). The number of carbonyl (C=O) groups excluding carboxylic acids is 1. The van der Waals surface area contributed by atoms with Gasteiger partial charge in [0, 0.05) is 19.3 Å². The van der Waals surface area contributed by atoms with Crippen molar-refractivity contribution in [3.8, 4) is 0 Å². The van der Waals surface area contributed by atoms with E-state index in [-0.39, 0.29) is 11.7 Å². The molecule has 4 nitrogen and oxygen atoms in total. The summed E-state index contributed by atoms with van der Waals surface area (Å²) in [6, 6.07) is 2.58.